The molecule has 3 aliphatic heterocycles. The van der Waals surface area contributed by atoms with Gasteiger partial charge in [0.1, 0.15) is 27.6 Å². The van der Waals surface area contributed by atoms with Gasteiger partial charge in [-0.2, -0.15) is 4.98 Å². The van der Waals surface area contributed by atoms with Crippen molar-refractivity contribution in [2.45, 2.75) is 94.9 Å². The Hall–Kier alpha value is -3.95. The number of anilines is 4. The van der Waals surface area contributed by atoms with Crippen LogP contribution in [0.2, 0.25) is 0 Å². The fraction of sp³-hybridized carbons (Fsp3) is 0.595. The van der Waals surface area contributed by atoms with Crippen molar-refractivity contribution >= 4 is 49.8 Å². The number of hydrogen-bond acceptors (Lipinski definition) is 12. The smallest absolute Gasteiger partial charge is 0.246 e. The number of hydrogen-bond donors (Lipinski definition) is 2. The molecule has 2 N–H and O–H groups in total. The fourth-order valence-electron chi connectivity index (χ4n) is 8.24. The van der Waals surface area contributed by atoms with Gasteiger partial charge in [-0.25, -0.2) is 22.8 Å². The molecule has 3 aromatic heterocycles. The summed E-state index contributed by atoms with van der Waals surface area (Å²) in [5, 5.41) is 15.3. The monoisotopic (exact) mass is 736 g/mol. The molecule has 280 valence electrons. The van der Waals surface area contributed by atoms with E-state index in [2.05, 4.69) is 21.8 Å². The molecule has 6 heterocycles. The lowest BCUT2D eigenvalue weighted by Crippen LogP contribution is -2.57. The lowest BCUT2D eigenvalue weighted by Gasteiger charge is -2.48. The zero-order valence-electron chi connectivity index (χ0n) is 30.1. The molecular weight excluding hydrogens is 688 g/mol. The number of rotatable bonds is 10. The molecule has 0 bridgehead atoms. The average Bonchev–Trinajstić information content (AvgIpc) is 3.60. The largest absolute Gasteiger partial charge is 0.390 e. The van der Waals surface area contributed by atoms with Gasteiger partial charge < -0.3 is 29.9 Å². The van der Waals surface area contributed by atoms with Gasteiger partial charge in [0.05, 0.1) is 53.7 Å². The van der Waals surface area contributed by atoms with E-state index in [4.69, 9.17) is 19.7 Å². The second-order valence-corrected chi connectivity index (χ2v) is 17.5. The lowest BCUT2D eigenvalue weighted by molar-refractivity contribution is -0.126. The van der Waals surface area contributed by atoms with Crippen LogP contribution >= 0.6 is 0 Å². The predicted molar refractivity (Wildman–Crippen MR) is 198 cm³/mol. The Balaban J connectivity index is 1.11. The van der Waals surface area contributed by atoms with Crippen LogP contribution in [0.5, 0.6) is 0 Å². The van der Waals surface area contributed by atoms with E-state index in [0.29, 0.717) is 56.5 Å². The lowest BCUT2D eigenvalue weighted by atomic mass is 9.85. The molecule has 7 rings (SSSR count). The van der Waals surface area contributed by atoms with Crippen molar-refractivity contribution < 1.29 is 27.4 Å². The molecule has 52 heavy (non-hydrogen) atoms. The molecule has 1 saturated carbocycles. The maximum atomic E-state index is 15.4. The van der Waals surface area contributed by atoms with E-state index < -0.39 is 27.7 Å². The predicted octanol–water partition coefficient (Wildman–Crippen LogP) is 4.51. The molecular formula is C37H49FN8O5S. The van der Waals surface area contributed by atoms with Gasteiger partial charge in [-0.3, -0.25) is 9.78 Å². The third kappa shape index (κ3) is 7.72. The first-order chi connectivity index (χ1) is 24.8. The highest BCUT2D eigenvalue weighted by molar-refractivity contribution is 7.90. The summed E-state index contributed by atoms with van der Waals surface area (Å²) in [7, 11) is -3.11. The number of aliphatic hydroxyl groups is 1. The molecule has 0 spiro atoms. The van der Waals surface area contributed by atoms with Gasteiger partial charge in [0.15, 0.2) is 0 Å². The molecule has 0 radical (unpaired) electrons. The molecule has 1 unspecified atom stereocenters. The van der Waals surface area contributed by atoms with Crippen LogP contribution in [0.4, 0.5) is 27.7 Å². The van der Waals surface area contributed by atoms with Crippen molar-refractivity contribution in [1.29, 1.82) is 0 Å². The van der Waals surface area contributed by atoms with Gasteiger partial charge in [0.25, 0.3) is 0 Å². The van der Waals surface area contributed by atoms with Crippen LogP contribution in [-0.2, 0) is 19.4 Å². The first-order valence-corrected chi connectivity index (χ1v) is 20.4. The highest BCUT2D eigenvalue weighted by atomic mass is 32.2. The Labute approximate surface area is 304 Å². The second kappa shape index (κ2) is 14.5. The van der Waals surface area contributed by atoms with Crippen LogP contribution in [0.25, 0.3) is 10.8 Å². The summed E-state index contributed by atoms with van der Waals surface area (Å²) < 4.78 is 45.6. The Morgan fingerprint density at radius 1 is 1.12 bits per heavy atom. The van der Waals surface area contributed by atoms with Crippen molar-refractivity contribution in [3.05, 3.63) is 49.1 Å². The van der Waals surface area contributed by atoms with E-state index in [1.807, 2.05) is 31.0 Å². The molecule has 1 aliphatic carbocycles. The SMILES string of the molecule is C=CC(=O)N1CCCC1c1ncc(N2C[C@H](CS(C)(=O)=O)[C@H]2C)c2cnc(Nc3ccnc(N4CC[C@@H](OC5CCC(C)(O)CC5)[C@@H](F)C4)n3)cc12. The van der Waals surface area contributed by atoms with E-state index in [1.165, 1.54) is 12.3 Å². The van der Waals surface area contributed by atoms with Crippen LogP contribution in [0.3, 0.4) is 0 Å². The van der Waals surface area contributed by atoms with Gasteiger partial charge in [-0.05, 0) is 77.0 Å². The number of sulfone groups is 1. The number of nitrogens with one attached hydrogen (secondary N) is 1. The summed E-state index contributed by atoms with van der Waals surface area (Å²) in [5.74, 6) is 1.43. The summed E-state index contributed by atoms with van der Waals surface area (Å²) in [6.07, 6.45) is 11.0. The molecule has 5 atom stereocenters. The van der Waals surface area contributed by atoms with Crippen molar-refractivity contribution in [2.75, 3.05) is 53.3 Å². The normalized spacial score (nSPS) is 29.6. The van der Waals surface area contributed by atoms with Crippen molar-refractivity contribution in [2.24, 2.45) is 5.92 Å². The second-order valence-electron chi connectivity index (χ2n) is 15.3. The van der Waals surface area contributed by atoms with E-state index >= 15 is 4.39 Å². The maximum Gasteiger partial charge on any atom is 0.246 e. The Morgan fingerprint density at radius 2 is 1.90 bits per heavy atom. The van der Waals surface area contributed by atoms with Crippen LogP contribution in [-0.4, -0.2) is 112 Å². The minimum Gasteiger partial charge on any atom is -0.390 e. The third-order valence-corrected chi connectivity index (χ3v) is 12.3. The number of pyridine rings is 2. The van der Waals surface area contributed by atoms with Gasteiger partial charge in [-0.15, -0.1) is 0 Å². The first kappa shape index (κ1) is 36.4. The van der Waals surface area contributed by atoms with E-state index in [0.717, 1.165) is 47.8 Å². The van der Waals surface area contributed by atoms with E-state index in [1.54, 1.807) is 23.4 Å². The standard InChI is InChI=1S/C37H49FN8O5S/c1-5-34(47)45-15-6-7-29(45)35-26-17-33(40-18-27(26)30(19-41-35)46-20-24(23(46)2)22-52(4,49)50)42-32-10-14-39-36(43-32)44-16-11-31(28(38)21-44)51-25-8-12-37(3,48)13-9-25/h5,10,14,17-19,23-25,28-29,31,48H,1,6-9,11-13,15-16,20-22H2,2-4H3,(H,39,40,42,43)/t23-,24-,25?,28+,29?,31-,37?/m1/s1. The third-order valence-electron chi connectivity index (χ3n) is 11.3. The topological polar surface area (TPSA) is 154 Å². The number of aromatic nitrogens is 4. The number of ether oxygens (including phenoxy) is 1. The number of carbonyl (C=O) groups is 1. The minimum absolute atomic E-state index is 0.00133. The molecule has 15 heteroatoms. The zero-order valence-corrected chi connectivity index (χ0v) is 30.9. The molecule has 13 nitrogen and oxygen atoms in total. The molecule has 3 saturated heterocycles. The number of amides is 1. The minimum atomic E-state index is -3.11. The molecule has 4 fully saturated rings. The van der Waals surface area contributed by atoms with Crippen molar-refractivity contribution in [1.82, 2.24) is 24.8 Å². The number of carbonyl (C=O) groups excluding carboxylic acids is 1. The average molecular weight is 737 g/mol. The molecule has 1 amide bonds. The number of alkyl halides is 1. The fourth-order valence-corrected chi connectivity index (χ4v) is 9.40. The van der Waals surface area contributed by atoms with Crippen LogP contribution < -0.4 is 15.1 Å². The Morgan fingerprint density at radius 3 is 2.62 bits per heavy atom. The number of likely N-dealkylation sites (tertiary alicyclic amines) is 1. The summed E-state index contributed by atoms with van der Waals surface area (Å²) in [4.78, 5) is 37.5. The van der Waals surface area contributed by atoms with Crippen LogP contribution in [0, 0.1) is 5.92 Å². The highest BCUT2D eigenvalue weighted by Gasteiger charge is 2.40. The first-order valence-electron chi connectivity index (χ1n) is 18.3. The number of piperidine rings is 1. The van der Waals surface area contributed by atoms with Gasteiger partial charge in [0.2, 0.25) is 11.9 Å². The summed E-state index contributed by atoms with van der Waals surface area (Å²) in [6.45, 7) is 9.44. The Bertz CT molecular complexity index is 1920. The molecule has 4 aliphatic rings. The Kier molecular flexibility index (Phi) is 10.1. The number of nitrogens with zero attached hydrogens (tertiary/aromatic N) is 7. The highest BCUT2D eigenvalue weighted by Crippen LogP contribution is 2.41. The van der Waals surface area contributed by atoms with E-state index in [-0.39, 0.29) is 42.3 Å². The quantitative estimate of drug-likeness (QED) is 0.282. The number of fused-ring (bicyclic) bond motifs is 1. The summed E-state index contributed by atoms with van der Waals surface area (Å²) in [5.41, 5.74) is 0.962. The van der Waals surface area contributed by atoms with Crippen LogP contribution in [0.1, 0.15) is 70.5 Å². The number of halogens is 1. The van der Waals surface area contributed by atoms with E-state index in [9.17, 15) is 18.3 Å². The maximum absolute atomic E-state index is 15.4. The van der Waals surface area contributed by atoms with Gasteiger partial charge in [-0.1, -0.05) is 6.58 Å². The van der Waals surface area contributed by atoms with Crippen molar-refractivity contribution in [3.8, 4) is 0 Å². The summed E-state index contributed by atoms with van der Waals surface area (Å²) >= 11 is 0. The summed E-state index contributed by atoms with van der Waals surface area (Å²) in [6, 6.07) is 3.42. The van der Waals surface area contributed by atoms with Gasteiger partial charge >= 0.3 is 0 Å². The van der Waals surface area contributed by atoms with Gasteiger partial charge in [0, 0.05) is 61.0 Å². The molecule has 0 aromatic carbocycles. The van der Waals surface area contributed by atoms with Crippen molar-refractivity contribution in [3.63, 3.8) is 0 Å². The molecule has 3 aromatic rings. The zero-order chi connectivity index (χ0) is 36.8. The van der Waals surface area contributed by atoms with Crippen LogP contribution in [0.15, 0.2) is 43.4 Å².